The first kappa shape index (κ1) is 15.3. The van der Waals surface area contributed by atoms with Crippen LogP contribution in [0.5, 0.6) is 0 Å². The van der Waals surface area contributed by atoms with Crippen molar-refractivity contribution in [2.45, 2.75) is 6.42 Å². The van der Waals surface area contributed by atoms with E-state index >= 15 is 0 Å². The van der Waals surface area contributed by atoms with Crippen LogP contribution in [0.2, 0.25) is 5.15 Å². The second-order valence-corrected chi connectivity index (χ2v) is 5.23. The molecule has 2 rings (SSSR count). The third-order valence-electron chi connectivity index (χ3n) is 3.18. The molecule has 4 nitrogen and oxygen atoms in total. The summed E-state index contributed by atoms with van der Waals surface area (Å²) in [4.78, 5) is 17.4. The van der Waals surface area contributed by atoms with Crippen molar-refractivity contribution < 1.29 is 9.53 Å². The van der Waals surface area contributed by atoms with Crippen LogP contribution in [0.15, 0.2) is 36.5 Å². The van der Waals surface area contributed by atoms with E-state index in [1.165, 1.54) is 7.11 Å². The van der Waals surface area contributed by atoms with Gasteiger partial charge in [-0.1, -0.05) is 35.9 Å². The zero-order chi connectivity index (χ0) is 15.4. The molecule has 0 aliphatic heterocycles. The van der Waals surface area contributed by atoms with Crippen molar-refractivity contribution in [3.63, 3.8) is 0 Å². The Morgan fingerprint density at radius 3 is 2.52 bits per heavy atom. The predicted octanol–water partition coefficient (Wildman–Crippen LogP) is 3.18. The summed E-state index contributed by atoms with van der Waals surface area (Å²) in [6.07, 6.45) is 2.00. The Morgan fingerprint density at radius 1 is 1.29 bits per heavy atom. The van der Waals surface area contributed by atoms with Gasteiger partial charge in [0.2, 0.25) is 0 Å². The smallest absolute Gasteiger partial charge is 0.309 e. The first-order valence-corrected chi connectivity index (χ1v) is 6.88. The van der Waals surface area contributed by atoms with Crippen LogP contribution in [-0.2, 0) is 16.0 Å². The number of rotatable bonds is 4. The van der Waals surface area contributed by atoms with Gasteiger partial charge in [-0.15, -0.1) is 0 Å². The number of hydrogen-bond acceptors (Lipinski definition) is 4. The number of ether oxygens (including phenoxy) is 1. The Kier molecular flexibility index (Phi) is 4.81. The van der Waals surface area contributed by atoms with Crippen LogP contribution in [0.3, 0.4) is 0 Å². The van der Waals surface area contributed by atoms with Crippen molar-refractivity contribution in [2.24, 2.45) is 0 Å². The van der Waals surface area contributed by atoms with Crippen LogP contribution in [0.25, 0.3) is 11.1 Å². The molecule has 0 atom stereocenters. The summed E-state index contributed by atoms with van der Waals surface area (Å²) in [5.74, 6) is -0.253. The molecule has 0 aliphatic carbocycles. The van der Waals surface area contributed by atoms with E-state index < -0.39 is 0 Å². The molecule has 0 N–H and O–H groups in total. The molecule has 0 saturated carbocycles. The number of benzene rings is 1. The Hall–Kier alpha value is -2.07. The quantitative estimate of drug-likeness (QED) is 0.643. The minimum absolute atomic E-state index is 0.253. The van der Waals surface area contributed by atoms with Crippen molar-refractivity contribution in [3.8, 4) is 11.1 Å². The fraction of sp³-hybridized carbons (Fsp3) is 0.250. The summed E-state index contributed by atoms with van der Waals surface area (Å²) in [7, 11) is 5.29. The molecular weight excluding hydrogens is 288 g/mol. The molecule has 0 bridgehead atoms. The topological polar surface area (TPSA) is 42.4 Å². The molecule has 5 heteroatoms. The van der Waals surface area contributed by atoms with Crippen molar-refractivity contribution in [1.29, 1.82) is 0 Å². The summed E-state index contributed by atoms with van der Waals surface area (Å²) in [5.41, 5.74) is 3.71. The molecule has 21 heavy (non-hydrogen) atoms. The Morgan fingerprint density at radius 2 is 1.95 bits per heavy atom. The number of aromatic nitrogens is 1. The average Bonchev–Trinajstić information content (AvgIpc) is 2.48. The summed E-state index contributed by atoms with van der Waals surface area (Å²) >= 11 is 6.18. The van der Waals surface area contributed by atoms with E-state index in [4.69, 9.17) is 11.6 Å². The van der Waals surface area contributed by atoms with Crippen molar-refractivity contribution in [1.82, 2.24) is 4.98 Å². The Labute approximate surface area is 129 Å². The monoisotopic (exact) mass is 304 g/mol. The highest BCUT2D eigenvalue weighted by Crippen LogP contribution is 2.29. The highest BCUT2D eigenvalue weighted by molar-refractivity contribution is 6.32. The molecule has 0 fully saturated rings. The number of carbonyl (C=O) groups is 1. The van der Waals surface area contributed by atoms with Crippen LogP contribution in [-0.4, -0.2) is 32.2 Å². The molecule has 1 heterocycles. The fourth-order valence-electron chi connectivity index (χ4n) is 1.93. The number of hydrogen-bond donors (Lipinski definition) is 0. The molecule has 0 unspecified atom stereocenters. The molecule has 1 aromatic heterocycles. The zero-order valence-corrected chi connectivity index (χ0v) is 13.0. The highest BCUT2D eigenvalue weighted by atomic mass is 35.5. The lowest BCUT2D eigenvalue weighted by molar-refractivity contribution is -0.139. The second kappa shape index (κ2) is 6.59. The van der Waals surface area contributed by atoms with E-state index in [1.807, 2.05) is 49.3 Å². The molecular formula is C16H17ClN2O2. The highest BCUT2D eigenvalue weighted by Gasteiger charge is 2.08. The molecule has 0 spiro atoms. The van der Waals surface area contributed by atoms with E-state index in [9.17, 15) is 4.79 Å². The van der Waals surface area contributed by atoms with Crippen LogP contribution < -0.4 is 4.90 Å². The maximum Gasteiger partial charge on any atom is 0.309 e. The van der Waals surface area contributed by atoms with E-state index in [1.54, 1.807) is 6.20 Å². The Bertz CT molecular complexity index is 639. The molecule has 1 aromatic carbocycles. The lowest BCUT2D eigenvalue weighted by atomic mass is 10.0. The summed E-state index contributed by atoms with van der Waals surface area (Å²) in [6.45, 7) is 0. The van der Waals surface area contributed by atoms with Gasteiger partial charge in [0.1, 0.15) is 5.15 Å². The third kappa shape index (κ3) is 3.73. The van der Waals surface area contributed by atoms with Gasteiger partial charge in [0.05, 0.1) is 25.4 Å². The molecule has 110 valence electrons. The van der Waals surface area contributed by atoms with Crippen molar-refractivity contribution in [2.75, 3.05) is 26.1 Å². The standard InChI is InChI=1S/C16H17ClN2O2/c1-19(2)13-9-14(16(17)18-10-13)12-6-4-11(5-7-12)8-15(20)21-3/h4-7,9-10H,8H2,1-3H3. The first-order valence-electron chi connectivity index (χ1n) is 6.50. The largest absolute Gasteiger partial charge is 0.469 e. The van der Waals surface area contributed by atoms with Gasteiger partial charge >= 0.3 is 5.97 Å². The molecule has 2 aromatic rings. The van der Waals surface area contributed by atoms with E-state index in [2.05, 4.69) is 9.72 Å². The number of methoxy groups -OCH3 is 1. The lowest BCUT2D eigenvalue weighted by Gasteiger charge is -2.14. The van der Waals surface area contributed by atoms with E-state index in [0.717, 1.165) is 22.4 Å². The lowest BCUT2D eigenvalue weighted by Crippen LogP contribution is -2.09. The van der Waals surface area contributed by atoms with Gasteiger partial charge in [-0.3, -0.25) is 4.79 Å². The summed E-state index contributed by atoms with van der Waals surface area (Å²) in [5, 5.41) is 0.460. The van der Waals surface area contributed by atoms with E-state index in [-0.39, 0.29) is 12.4 Å². The third-order valence-corrected chi connectivity index (χ3v) is 3.48. The van der Waals surface area contributed by atoms with Gasteiger partial charge in [0, 0.05) is 19.7 Å². The minimum atomic E-state index is -0.253. The number of esters is 1. The molecule has 0 saturated heterocycles. The van der Waals surface area contributed by atoms with Gasteiger partial charge < -0.3 is 9.64 Å². The number of carbonyl (C=O) groups excluding carboxylic acids is 1. The molecule has 0 radical (unpaired) electrons. The van der Waals surface area contributed by atoms with Crippen LogP contribution in [0.4, 0.5) is 5.69 Å². The van der Waals surface area contributed by atoms with Crippen molar-refractivity contribution in [3.05, 3.63) is 47.2 Å². The van der Waals surface area contributed by atoms with Gasteiger partial charge in [-0.25, -0.2) is 4.98 Å². The average molecular weight is 305 g/mol. The number of nitrogens with zero attached hydrogens (tertiary/aromatic N) is 2. The fourth-order valence-corrected chi connectivity index (χ4v) is 2.14. The maximum absolute atomic E-state index is 11.3. The van der Waals surface area contributed by atoms with Gasteiger partial charge in [0.15, 0.2) is 0 Å². The van der Waals surface area contributed by atoms with Gasteiger partial charge in [0.25, 0.3) is 0 Å². The Balaban J connectivity index is 2.30. The number of pyridine rings is 1. The normalized spacial score (nSPS) is 10.3. The number of anilines is 1. The van der Waals surface area contributed by atoms with Crippen molar-refractivity contribution >= 4 is 23.3 Å². The van der Waals surface area contributed by atoms with Gasteiger partial charge in [-0.05, 0) is 17.2 Å². The van der Waals surface area contributed by atoms with Crippen LogP contribution in [0.1, 0.15) is 5.56 Å². The molecule has 0 aliphatic rings. The summed E-state index contributed by atoms with van der Waals surface area (Å²) in [6, 6.07) is 9.64. The zero-order valence-electron chi connectivity index (χ0n) is 12.3. The maximum atomic E-state index is 11.3. The number of halogens is 1. The minimum Gasteiger partial charge on any atom is -0.469 e. The predicted molar refractivity (Wildman–Crippen MR) is 84.7 cm³/mol. The summed E-state index contributed by atoms with van der Waals surface area (Å²) < 4.78 is 4.65. The van der Waals surface area contributed by atoms with Crippen LogP contribution in [0, 0.1) is 0 Å². The molecule has 0 amide bonds. The first-order chi connectivity index (χ1) is 10.0. The van der Waals surface area contributed by atoms with Crippen LogP contribution >= 0.6 is 11.6 Å². The SMILES string of the molecule is COC(=O)Cc1ccc(-c2cc(N(C)C)cnc2Cl)cc1. The second-order valence-electron chi connectivity index (χ2n) is 4.88. The van der Waals surface area contributed by atoms with Gasteiger partial charge in [-0.2, -0.15) is 0 Å². The van der Waals surface area contributed by atoms with E-state index in [0.29, 0.717) is 5.15 Å².